The molecule has 1 aromatic heterocycles. The largest absolute Gasteiger partial charge is 0.480 e. The number of amides is 1. The summed E-state index contributed by atoms with van der Waals surface area (Å²) in [6.07, 6.45) is 0.652. The molecule has 2 aromatic rings. The smallest absolute Gasteiger partial charge is 0.327 e. The molecule has 5 N–H and O–H groups in total. The van der Waals surface area contributed by atoms with Crippen molar-refractivity contribution in [3.8, 4) is 0 Å². The molecule has 0 saturated carbocycles. The van der Waals surface area contributed by atoms with E-state index < -0.39 is 43.7 Å². The molecule has 0 saturated heterocycles. The van der Waals surface area contributed by atoms with Crippen LogP contribution in [0.4, 0.5) is 0 Å². The number of benzene rings is 1. The van der Waals surface area contributed by atoms with Gasteiger partial charge in [-0.15, -0.1) is 11.8 Å². The molecule has 1 aromatic carbocycles. The van der Waals surface area contributed by atoms with E-state index in [1.807, 2.05) is 0 Å². The van der Waals surface area contributed by atoms with E-state index in [4.69, 9.17) is 9.79 Å². The van der Waals surface area contributed by atoms with Gasteiger partial charge in [-0.1, -0.05) is 24.3 Å². The van der Waals surface area contributed by atoms with E-state index in [1.54, 1.807) is 30.5 Å². The number of nitrogens with one attached hydrogen (secondary N) is 1. The third kappa shape index (κ3) is 6.33. The number of thioether (sulfide) groups is 1. The maximum Gasteiger partial charge on any atom is 0.327 e. The highest BCUT2D eigenvalue weighted by atomic mass is 32.2. The molecule has 12 heteroatoms. The standard InChI is InChI=1S/C17H21N2O8PS/c1-10(20)18-13(16(21)22)9-29-15-12-5-3-2-4-11(12)8-19(15)14(17(23)24)6-7-28(25,26)27/h2-5,8,13-14H,6-7,9H2,1H3,(H,18,20)(H,21,22)(H,23,24)(H2,25,26,27)/t13-,14?/m0/s1. The molecule has 1 unspecified atom stereocenters. The van der Waals surface area contributed by atoms with Gasteiger partial charge < -0.3 is 29.9 Å². The Morgan fingerprint density at radius 3 is 2.38 bits per heavy atom. The van der Waals surface area contributed by atoms with Crippen molar-refractivity contribution < 1.29 is 38.9 Å². The van der Waals surface area contributed by atoms with E-state index in [0.717, 1.165) is 11.8 Å². The number of hydrogen-bond donors (Lipinski definition) is 5. The maximum absolute atomic E-state index is 11.8. The van der Waals surface area contributed by atoms with Crippen molar-refractivity contribution in [1.29, 1.82) is 0 Å². The van der Waals surface area contributed by atoms with Crippen LogP contribution in [0.5, 0.6) is 0 Å². The van der Waals surface area contributed by atoms with Gasteiger partial charge in [-0.2, -0.15) is 0 Å². The molecule has 1 amide bonds. The Labute approximate surface area is 170 Å². The quantitative estimate of drug-likeness (QED) is 0.270. The first kappa shape index (κ1) is 23.0. The first-order valence-corrected chi connectivity index (χ1v) is 11.3. The minimum Gasteiger partial charge on any atom is -0.480 e. The molecule has 0 aliphatic rings. The maximum atomic E-state index is 11.8. The van der Waals surface area contributed by atoms with Gasteiger partial charge in [-0.3, -0.25) is 9.36 Å². The average Bonchev–Trinajstić information content (AvgIpc) is 2.95. The van der Waals surface area contributed by atoms with E-state index in [2.05, 4.69) is 5.32 Å². The summed E-state index contributed by atoms with van der Waals surface area (Å²) in [7, 11) is -4.40. The number of fused-ring (bicyclic) bond motifs is 1. The van der Waals surface area contributed by atoms with Gasteiger partial charge in [0.25, 0.3) is 0 Å². The molecule has 0 radical (unpaired) electrons. The number of aliphatic carboxylic acids is 2. The van der Waals surface area contributed by atoms with Gasteiger partial charge in [0.1, 0.15) is 12.1 Å². The van der Waals surface area contributed by atoms with Crippen LogP contribution >= 0.6 is 19.4 Å². The van der Waals surface area contributed by atoms with Crippen LogP contribution in [-0.4, -0.2) is 60.4 Å². The Balaban J connectivity index is 2.41. The molecule has 158 valence electrons. The lowest BCUT2D eigenvalue weighted by Gasteiger charge is -2.19. The summed E-state index contributed by atoms with van der Waals surface area (Å²) in [5.41, 5.74) is 0. The fourth-order valence-electron chi connectivity index (χ4n) is 2.79. The predicted octanol–water partition coefficient (Wildman–Crippen LogP) is 1.52. The number of carboxylic acids is 2. The Bertz CT molecular complexity index is 969. The lowest BCUT2D eigenvalue weighted by molar-refractivity contribution is -0.141. The van der Waals surface area contributed by atoms with Gasteiger partial charge in [-0.25, -0.2) is 9.59 Å². The molecule has 2 rings (SSSR count). The summed E-state index contributed by atoms with van der Waals surface area (Å²) >= 11 is 1.05. The van der Waals surface area contributed by atoms with Crippen molar-refractivity contribution in [1.82, 2.24) is 9.88 Å². The van der Waals surface area contributed by atoms with Crippen LogP contribution in [0.25, 0.3) is 10.8 Å². The van der Waals surface area contributed by atoms with Gasteiger partial charge in [0.15, 0.2) is 0 Å². The third-order valence-electron chi connectivity index (χ3n) is 4.08. The van der Waals surface area contributed by atoms with Crippen molar-refractivity contribution in [3.05, 3.63) is 30.5 Å². The van der Waals surface area contributed by atoms with Crippen molar-refractivity contribution in [2.24, 2.45) is 0 Å². The van der Waals surface area contributed by atoms with E-state index in [0.29, 0.717) is 15.8 Å². The van der Waals surface area contributed by atoms with Crippen molar-refractivity contribution in [2.75, 3.05) is 11.9 Å². The molecule has 0 fully saturated rings. The van der Waals surface area contributed by atoms with Gasteiger partial charge in [0.05, 0.1) is 11.2 Å². The number of carboxylic acid groups (broad SMARTS) is 2. The van der Waals surface area contributed by atoms with Crippen molar-refractivity contribution >= 4 is 48.0 Å². The molecule has 0 aliphatic heterocycles. The molecule has 0 aliphatic carbocycles. The van der Waals surface area contributed by atoms with Gasteiger partial charge >= 0.3 is 19.5 Å². The van der Waals surface area contributed by atoms with Crippen LogP contribution in [0.15, 0.2) is 35.5 Å². The minimum atomic E-state index is -4.40. The van der Waals surface area contributed by atoms with Gasteiger partial charge in [0, 0.05) is 29.6 Å². The molecule has 1 heterocycles. The second-order valence-corrected chi connectivity index (χ2v) is 9.15. The summed E-state index contributed by atoms with van der Waals surface area (Å²) < 4.78 is 12.6. The normalized spacial score (nSPS) is 13.8. The number of carbonyl (C=O) groups is 3. The molecular weight excluding hydrogens is 423 g/mol. The second-order valence-electron chi connectivity index (χ2n) is 6.36. The van der Waals surface area contributed by atoms with Crippen LogP contribution in [-0.2, 0) is 18.9 Å². The zero-order chi connectivity index (χ0) is 21.8. The van der Waals surface area contributed by atoms with E-state index in [9.17, 15) is 29.2 Å². The fourth-order valence-corrected chi connectivity index (χ4v) is 4.59. The van der Waals surface area contributed by atoms with E-state index >= 15 is 0 Å². The molecule has 29 heavy (non-hydrogen) atoms. The summed E-state index contributed by atoms with van der Waals surface area (Å²) in [5.74, 6) is -3.07. The summed E-state index contributed by atoms with van der Waals surface area (Å²) in [6.45, 7) is 1.20. The number of rotatable bonds is 10. The van der Waals surface area contributed by atoms with Crippen LogP contribution in [0.3, 0.4) is 0 Å². The Kier molecular flexibility index (Phi) is 7.48. The lowest BCUT2D eigenvalue weighted by Crippen LogP contribution is -2.41. The third-order valence-corrected chi connectivity index (χ3v) is 6.13. The molecule has 0 bridgehead atoms. The van der Waals surface area contributed by atoms with Crippen LogP contribution in [0, 0.1) is 0 Å². The Hall–Kier alpha value is -2.33. The first-order valence-electron chi connectivity index (χ1n) is 8.49. The summed E-state index contributed by atoms with van der Waals surface area (Å²) in [6, 6.07) is 4.55. The number of carbonyl (C=O) groups excluding carboxylic acids is 1. The zero-order valence-corrected chi connectivity index (χ0v) is 17.1. The Morgan fingerprint density at radius 2 is 1.83 bits per heavy atom. The number of hydrogen-bond acceptors (Lipinski definition) is 5. The monoisotopic (exact) mass is 444 g/mol. The van der Waals surface area contributed by atoms with Crippen molar-refractivity contribution in [2.45, 2.75) is 30.5 Å². The highest BCUT2D eigenvalue weighted by molar-refractivity contribution is 7.99. The second kappa shape index (κ2) is 9.45. The summed E-state index contributed by atoms with van der Waals surface area (Å²) in [5, 5.41) is 23.0. The fraction of sp³-hybridized carbons (Fsp3) is 0.353. The van der Waals surface area contributed by atoms with E-state index in [1.165, 1.54) is 11.5 Å². The van der Waals surface area contributed by atoms with Crippen LogP contribution in [0.2, 0.25) is 0 Å². The summed E-state index contributed by atoms with van der Waals surface area (Å²) in [4.78, 5) is 52.7. The molecule has 2 atom stereocenters. The SMILES string of the molecule is CC(=O)N[C@@H](CSc1c2ccccc2cn1C(CCP(=O)(O)O)C(=O)O)C(=O)O. The number of aromatic nitrogens is 1. The lowest BCUT2D eigenvalue weighted by atomic mass is 10.2. The van der Waals surface area contributed by atoms with E-state index in [-0.39, 0.29) is 12.2 Å². The van der Waals surface area contributed by atoms with Gasteiger partial charge in [-0.05, 0) is 6.42 Å². The Morgan fingerprint density at radius 1 is 1.17 bits per heavy atom. The predicted molar refractivity (Wildman–Crippen MR) is 106 cm³/mol. The molecule has 10 nitrogen and oxygen atoms in total. The average molecular weight is 444 g/mol. The molecular formula is C17H21N2O8PS. The first-order chi connectivity index (χ1) is 13.5. The number of nitrogens with zero attached hydrogens (tertiary/aromatic N) is 1. The van der Waals surface area contributed by atoms with Crippen LogP contribution in [0.1, 0.15) is 19.4 Å². The highest BCUT2D eigenvalue weighted by Crippen LogP contribution is 2.39. The highest BCUT2D eigenvalue weighted by Gasteiger charge is 2.28. The zero-order valence-electron chi connectivity index (χ0n) is 15.4. The topological polar surface area (TPSA) is 166 Å². The van der Waals surface area contributed by atoms with Gasteiger partial charge in [0.2, 0.25) is 5.91 Å². The minimum absolute atomic E-state index is 0.0618. The molecule has 0 spiro atoms. The van der Waals surface area contributed by atoms with Crippen molar-refractivity contribution in [3.63, 3.8) is 0 Å². The van der Waals surface area contributed by atoms with Crippen LogP contribution < -0.4 is 5.32 Å².